The minimum atomic E-state index is -3.35. The van der Waals surface area contributed by atoms with Crippen LogP contribution in [0, 0.1) is 5.41 Å². The fourth-order valence-corrected chi connectivity index (χ4v) is 2.50. The SMILES string of the molecule is CC1(CO)CN(c2cccc(NS(C)(=O)=O)c2)NC1=O. The zero-order valence-electron chi connectivity index (χ0n) is 11.3. The van der Waals surface area contributed by atoms with Crippen LogP contribution in [-0.4, -0.2) is 38.8 Å². The van der Waals surface area contributed by atoms with Crippen molar-refractivity contribution in [2.45, 2.75) is 6.92 Å². The Morgan fingerprint density at radius 1 is 1.50 bits per heavy atom. The molecule has 110 valence electrons. The zero-order chi connectivity index (χ0) is 15.0. The number of hydrogen-bond donors (Lipinski definition) is 3. The molecule has 1 unspecified atom stereocenters. The van der Waals surface area contributed by atoms with E-state index < -0.39 is 15.4 Å². The number of aliphatic hydroxyl groups excluding tert-OH is 1. The molecule has 0 aliphatic carbocycles. The van der Waals surface area contributed by atoms with Crippen molar-refractivity contribution < 1.29 is 18.3 Å². The van der Waals surface area contributed by atoms with Crippen molar-refractivity contribution in [1.82, 2.24) is 5.43 Å². The molecule has 2 rings (SSSR count). The summed E-state index contributed by atoms with van der Waals surface area (Å²) in [5, 5.41) is 10.9. The summed E-state index contributed by atoms with van der Waals surface area (Å²) in [4.78, 5) is 11.8. The highest BCUT2D eigenvalue weighted by atomic mass is 32.2. The van der Waals surface area contributed by atoms with Crippen LogP contribution in [0.1, 0.15) is 6.92 Å². The maximum absolute atomic E-state index is 11.8. The van der Waals surface area contributed by atoms with E-state index in [4.69, 9.17) is 0 Å². The summed E-state index contributed by atoms with van der Waals surface area (Å²) in [7, 11) is -3.35. The molecule has 0 aromatic heterocycles. The molecule has 1 saturated heterocycles. The highest BCUT2D eigenvalue weighted by molar-refractivity contribution is 7.92. The maximum Gasteiger partial charge on any atom is 0.248 e. The van der Waals surface area contributed by atoms with Gasteiger partial charge in [0.1, 0.15) is 0 Å². The minimum absolute atomic E-state index is 0.253. The van der Waals surface area contributed by atoms with Crippen LogP contribution in [0.4, 0.5) is 11.4 Å². The lowest BCUT2D eigenvalue weighted by Crippen LogP contribution is -2.34. The number of nitrogens with zero attached hydrogens (tertiary/aromatic N) is 1. The molecule has 1 aromatic carbocycles. The second-order valence-electron chi connectivity index (χ2n) is 5.17. The molecule has 0 saturated carbocycles. The van der Waals surface area contributed by atoms with Gasteiger partial charge in [-0.05, 0) is 25.1 Å². The molecule has 1 heterocycles. The first-order valence-electron chi connectivity index (χ1n) is 6.01. The topological polar surface area (TPSA) is 98.7 Å². The Balaban J connectivity index is 2.23. The van der Waals surface area contributed by atoms with Gasteiger partial charge in [0.05, 0.1) is 36.2 Å². The largest absolute Gasteiger partial charge is 0.395 e. The van der Waals surface area contributed by atoms with Crippen molar-refractivity contribution in [3.63, 3.8) is 0 Å². The van der Waals surface area contributed by atoms with Gasteiger partial charge in [-0.1, -0.05) is 6.07 Å². The Kier molecular flexibility index (Phi) is 3.61. The molecule has 0 spiro atoms. The van der Waals surface area contributed by atoms with Gasteiger partial charge in [-0.15, -0.1) is 0 Å². The first-order valence-corrected chi connectivity index (χ1v) is 7.90. The smallest absolute Gasteiger partial charge is 0.248 e. The van der Waals surface area contributed by atoms with Crippen LogP contribution >= 0.6 is 0 Å². The molecule has 1 amide bonds. The Morgan fingerprint density at radius 3 is 2.75 bits per heavy atom. The van der Waals surface area contributed by atoms with E-state index in [1.165, 1.54) is 0 Å². The van der Waals surface area contributed by atoms with Crippen molar-refractivity contribution in [1.29, 1.82) is 0 Å². The lowest BCUT2D eigenvalue weighted by molar-refractivity contribution is -0.128. The number of carbonyl (C=O) groups is 1. The number of hydrogen-bond acceptors (Lipinski definition) is 5. The minimum Gasteiger partial charge on any atom is -0.395 e. The van der Waals surface area contributed by atoms with Gasteiger partial charge in [0.15, 0.2) is 0 Å². The molecular weight excluding hydrogens is 282 g/mol. The van der Waals surface area contributed by atoms with Crippen molar-refractivity contribution in [2.75, 3.05) is 29.1 Å². The summed E-state index contributed by atoms with van der Waals surface area (Å²) < 4.78 is 24.8. The number of amides is 1. The number of nitrogens with one attached hydrogen (secondary N) is 2. The first-order chi connectivity index (χ1) is 9.23. The van der Waals surface area contributed by atoms with Crippen molar-refractivity contribution in [3.8, 4) is 0 Å². The Hall–Kier alpha value is -1.80. The quantitative estimate of drug-likeness (QED) is 0.721. The van der Waals surface area contributed by atoms with Crippen LogP contribution in [-0.2, 0) is 14.8 Å². The fourth-order valence-electron chi connectivity index (χ4n) is 1.95. The third kappa shape index (κ3) is 3.02. The third-order valence-electron chi connectivity index (χ3n) is 3.10. The predicted molar refractivity (Wildman–Crippen MR) is 75.6 cm³/mol. The summed E-state index contributed by atoms with van der Waals surface area (Å²) in [6.45, 7) is 1.72. The van der Waals surface area contributed by atoms with Gasteiger partial charge < -0.3 is 5.11 Å². The van der Waals surface area contributed by atoms with Crippen LogP contribution in [0.2, 0.25) is 0 Å². The van der Waals surface area contributed by atoms with E-state index in [0.717, 1.165) is 6.26 Å². The van der Waals surface area contributed by atoms with E-state index in [1.54, 1.807) is 36.2 Å². The molecule has 1 aliphatic heterocycles. The number of benzene rings is 1. The third-order valence-corrected chi connectivity index (χ3v) is 3.71. The molecule has 1 aliphatic rings. The molecular formula is C12H17N3O4S. The van der Waals surface area contributed by atoms with E-state index in [1.807, 2.05) is 0 Å². The normalized spacial score (nSPS) is 22.8. The van der Waals surface area contributed by atoms with E-state index in [9.17, 15) is 18.3 Å². The summed E-state index contributed by atoms with van der Waals surface area (Å²) in [6, 6.07) is 6.67. The van der Waals surface area contributed by atoms with Crippen LogP contribution < -0.4 is 15.2 Å². The first kappa shape index (κ1) is 14.6. The highest BCUT2D eigenvalue weighted by Crippen LogP contribution is 2.28. The van der Waals surface area contributed by atoms with Gasteiger partial charge in [0.2, 0.25) is 15.9 Å². The van der Waals surface area contributed by atoms with Crippen LogP contribution in [0.5, 0.6) is 0 Å². The monoisotopic (exact) mass is 299 g/mol. The van der Waals surface area contributed by atoms with Crippen molar-refractivity contribution in [3.05, 3.63) is 24.3 Å². The van der Waals surface area contributed by atoms with Crippen LogP contribution in [0.15, 0.2) is 24.3 Å². The Bertz CT molecular complexity index is 631. The van der Waals surface area contributed by atoms with Gasteiger partial charge in [-0.25, -0.2) is 8.42 Å². The standard InChI is InChI=1S/C12H17N3O4S/c1-12(8-16)7-15(13-11(12)17)10-5-3-4-9(6-10)14-20(2,18)19/h3-6,14,16H,7-8H2,1-2H3,(H,13,17). The molecule has 8 heteroatoms. The van der Waals surface area contributed by atoms with E-state index in [-0.39, 0.29) is 12.5 Å². The predicted octanol–water partition coefficient (Wildman–Crippen LogP) is -0.0921. The van der Waals surface area contributed by atoms with Crippen LogP contribution in [0.3, 0.4) is 0 Å². The number of sulfonamides is 1. The molecule has 0 bridgehead atoms. The molecule has 0 radical (unpaired) electrons. The summed E-state index contributed by atoms with van der Waals surface area (Å²) >= 11 is 0. The zero-order valence-corrected chi connectivity index (χ0v) is 12.1. The lowest BCUT2D eigenvalue weighted by Gasteiger charge is -2.20. The number of aliphatic hydroxyl groups is 1. The number of carbonyl (C=O) groups excluding carboxylic acids is 1. The lowest BCUT2D eigenvalue weighted by atomic mass is 9.92. The van der Waals surface area contributed by atoms with Gasteiger partial charge in [-0.2, -0.15) is 0 Å². The van der Waals surface area contributed by atoms with Gasteiger partial charge in [0.25, 0.3) is 0 Å². The number of rotatable bonds is 4. The van der Waals surface area contributed by atoms with E-state index in [2.05, 4.69) is 10.1 Å². The van der Waals surface area contributed by atoms with Crippen LogP contribution in [0.25, 0.3) is 0 Å². The summed E-state index contributed by atoms with van der Waals surface area (Å²) in [6.07, 6.45) is 1.07. The molecule has 1 atom stereocenters. The fraction of sp³-hybridized carbons (Fsp3) is 0.417. The summed E-state index contributed by atoms with van der Waals surface area (Å²) in [5.41, 5.74) is 2.85. The average molecular weight is 299 g/mol. The van der Waals surface area contributed by atoms with Crippen molar-refractivity contribution >= 4 is 27.3 Å². The average Bonchev–Trinajstić information content (AvgIpc) is 2.65. The molecule has 20 heavy (non-hydrogen) atoms. The molecule has 7 nitrogen and oxygen atoms in total. The summed E-state index contributed by atoms with van der Waals surface area (Å²) in [5.74, 6) is -0.263. The van der Waals surface area contributed by atoms with E-state index >= 15 is 0 Å². The van der Waals surface area contributed by atoms with Gasteiger partial charge in [0, 0.05) is 0 Å². The maximum atomic E-state index is 11.8. The second kappa shape index (κ2) is 4.95. The number of anilines is 2. The molecule has 1 aromatic rings. The number of hydrazine groups is 1. The van der Waals surface area contributed by atoms with Gasteiger partial charge in [-0.3, -0.25) is 20.0 Å². The molecule has 1 fully saturated rings. The Morgan fingerprint density at radius 2 is 2.20 bits per heavy atom. The second-order valence-corrected chi connectivity index (χ2v) is 6.92. The molecule has 3 N–H and O–H groups in total. The Labute approximate surface area is 117 Å². The highest BCUT2D eigenvalue weighted by Gasteiger charge is 2.41. The van der Waals surface area contributed by atoms with Gasteiger partial charge >= 0.3 is 0 Å². The van der Waals surface area contributed by atoms with E-state index in [0.29, 0.717) is 17.9 Å². The van der Waals surface area contributed by atoms with Crippen molar-refractivity contribution in [2.24, 2.45) is 5.41 Å².